The number of ether oxygens (including phenoxy) is 1. The van der Waals surface area contributed by atoms with E-state index in [-0.39, 0.29) is 18.2 Å². The number of aryl methyl sites for hydroxylation is 1. The summed E-state index contributed by atoms with van der Waals surface area (Å²) < 4.78 is 17.9. The fourth-order valence-electron chi connectivity index (χ4n) is 4.19. The predicted molar refractivity (Wildman–Crippen MR) is 115 cm³/mol. The number of esters is 2. The van der Waals surface area contributed by atoms with Crippen molar-refractivity contribution in [3.05, 3.63) is 35.9 Å². The van der Waals surface area contributed by atoms with Crippen LogP contribution in [0.1, 0.15) is 50.5 Å². The topological polar surface area (TPSA) is 122 Å². The van der Waals surface area contributed by atoms with Gasteiger partial charge in [-0.3, -0.25) is 14.2 Å². The van der Waals surface area contributed by atoms with Crippen molar-refractivity contribution in [3.63, 3.8) is 0 Å². The number of hydrogen-bond acceptors (Lipinski definition) is 6. The Hall–Kier alpha value is -2.02. The second kappa shape index (κ2) is 11.0. The second-order valence-corrected chi connectivity index (χ2v) is 10.8. The van der Waals surface area contributed by atoms with Crippen LogP contribution in [0.3, 0.4) is 0 Å². The molecule has 8 nitrogen and oxygen atoms in total. The van der Waals surface area contributed by atoms with Gasteiger partial charge in [0.25, 0.3) is 0 Å². The molecule has 1 saturated heterocycles. The van der Waals surface area contributed by atoms with E-state index in [1.54, 1.807) is 0 Å². The van der Waals surface area contributed by atoms with Crippen molar-refractivity contribution >= 4 is 25.2 Å². The van der Waals surface area contributed by atoms with E-state index in [1.165, 1.54) is 0 Å². The van der Waals surface area contributed by atoms with Gasteiger partial charge in [0.05, 0.1) is 0 Å². The maximum Gasteiger partial charge on any atom is 0.330 e. The minimum Gasteiger partial charge on any atom is -0.392 e. The first kappa shape index (κ1) is 23.6. The minimum absolute atomic E-state index is 0.166. The monoisotopic (exact) mass is 450 g/mol. The Balaban J connectivity index is 1.64. The largest absolute Gasteiger partial charge is 0.392 e. The van der Waals surface area contributed by atoms with Crippen LogP contribution in [-0.2, 0) is 30.1 Å². The van der Waals surface area contributed by atoms with Crippen molar-refractivity contribution in [3.8, 4) is 0 Å². The van der Waals surface area contributed by atoms with Crippen molar-refractivity contribution in [2.24, 2.45) is 5.92 Å². The number of nitrogens with one attached hydrogen (secondary N) is 2. The van der Waals surface area contributed by atoms with Crippen LogP contribution in [0.2, 0.25) is 0 Å². The number of hydrogen-bond donors (Lipinski definition) is 3. The maximum absolute atomic E-state index is 13.1. The lowest BCUT2D eigenvalue weighted by molar-refractivity contribution is -0.159. The van der Waals surface area contributed by atoms with Gasteiger partial charge in [0, 0.05) is 5.92 Å². The van der Waals surface area contributed by atoms with Gasteiger partial charge in [-0.15, -0.1) is 0 Å². The quantitative estimate of drug-likeness (QED) is 0.300. The van der Waals surface area contributed by atoms with Gasteiger partial charge in [-0.25, -0.2) is 4.79 Å². The second-order valence-electron chi connectivity index (χ2n) is 8.39. The Kier molecular flexibility index (Phi) is 8.41. The summed E-state index contributed by atoms with van der Waals surface area (Å²) in [5.74, 6) is -3.25. The molecular weight excluding hydrogens is 419 g/mol. The molecule has 0 bridgehead atoms. The van der Waals surface area contributed by atoms with Gasteiger partial charge in [0.1, 0.15) is 18.0 Å². The molecule has 1 heterocycles. The van der Waals surface area contributed by atoms with Gasteiger partial charge in [-0.2, -0.15) is 0 Å². The van der Waals surface area contributed by atoms with Crippen molar-refractivity contribution in [1.82, 2.24) is 10.6 Å². The highest BCUT2D eigenvalue weighted by Crippen LogP contribution is 2.47. The Bertz CT molecular complexity index is 819. The summed E-state index contributed by atoms with van der Waals surface area (Å²) in [7, 11) is -4.16. The third kappa shape index (κ3) is 6.99. The zero-order valence-corrected chi connectivity index (χ0v) is 18.5. The van der Waals surface area contributed by atoms with Gasteiger partial charge in [0.15, 0.2) is 0 Å². The average Bonchev–Trinajstić information content (AvgIpc) is 3.45. The summed E-state index contributed by atoms with van der Waals surface area (Å²) in [6.45, 7) is 0.668. The molecule has 0 radical (unpaired) electrons. The molecule has 1 amide bonds. The standard InChI is InChI=1S/C22H31N2O6P/c25-20(30-22(27)18-11-6-14-23-18)15-31(28,29)19(13-12-16-7-2-1-3-8-16)24-21(26)17-9-4-5-10-17/h1-3,7-8,17-19,23H,4-6,9-15H2,(H,24,26)(H,28,29)/t18-,19?/m0/s1. The van der Waals surface area contributed by atoms with E-state index in [9.17, 15) is 23.8 Å². The zero-order valence-electron chi connectivity index (χ0n) is 17.6. The highest BCUT2D eigenvalue weighted by molar-refractivity contribution is 7.59. The predicted octanol–water partition coefficient (Wildman–Crippen LogP) is 2.34. The molecule has 1 aromatic carbocycles. The van der Waals surface area contributed by atoms with Crippen LogP contribution in [-0.4, -0.2) is 47.3 Å². The number of carbonyl (C=O) groups excluding carboxylic acids is 3. The third-order valence-electron chi connectivity index (χ3n) is 5.99. The lowest BCUT2D eigenvalue weighted by Gasteiger charge is -2.25. The number of amides is 1. The number of benzene rings is 1. The van der Waals surface area contributed by atoms with Crippen LogP contribution in [0, 0.1) is 5.92 Å². The third-order valence-corrected chi connectivity index (χ3v) is 8.06. The first-order chi connectivity index (χ1) is 14.8. The molecule has 2 aliphatic rings. The van der Waals surface area contributed by atoms with Gasteiger partial charge in [-0.05, 0) is 50.6 Å². The fraction of sp³-hybridized carbons (Fsp3) is 0.591. The van der Waals surface area contributed by atoms with Gasteiger partial charge >= 0.3 is 11.9 Å². The molecule has 0 aromatic heterocycles. The highest BCUT2D eigenvalue weighted by Gasteiger charge is 2.38. The average molecular weight is 450 g/mol. The Morgan fingerprint density at radius 1 is 1.13 bits per heavy atom. The smallest absolute Gasteiger partial charge is 0.330 e. The van der Waals surface area contributed by atoms with E-state index in [1.807, 2.05) is 30.3 Å². The molecule has 3 N–H and O–H groups in total. The lowest BCUT2D eigenvalue weighted by atomic mass is 10.1. The minimum atomic E-state index is -4.16. The molecule has 2 unspecified atom stereocenters. The molecular formula is C22H31N2O6P. The highest BCUT2D eigenvalue weighted by atomic mass is 31.2. The molecule has 3 atom stereocenters. The SMILES string of the molecule is O=C(CP(=O)(O)C(CCc1ccccc1)NC(=O)C1CCCC1)OC(=O)[C@@H]1CCCN1. The molecule has 2 fully saturated rings. The summed E-state index contributed by atoms with van der Waals surface area (Å²) in [5, 5.41) is 5.65. The Labute approximate surface area is 182 Å². The van der Waals surface area contributed by atoms with Crippen LogP contribution < -0.4 is 10.6 Å². The van der Waals surface area contributed by atoms with E-state index in [2.05, 4.69) is 10.6 Å². The van der Waals surface area contributed by atoms with E-state index >= 15 is 0 Å². The lowest BCUT2D eigenvalue weighted by Crippen LogP contribution is -2.40. The van der Waals surface area contributed by atoms with E-state index in [4.69, 9.17) is 4.74 Å². The van der Waals surface area contributed by atoms with Crippen molar-refractivity contribution in [2.45, 2.75) is 63.2 Å². The van der Waals surface area contributed by atoms with Crippen LogP contribution in [0.15, 0.2) is 30.3 Å². The van der Waals surface area contributed by atoms with E-state index in [0.717, 1.165) is 37.7 Å². The van der Waals surface area contributed by atoms with Gasteiger partial charge < -0.3 is 20.3 Å². The molecule has 0 spiro atoms. The van der Waals surface area contributed by atoms with Gasteiger partial charge in [0.2, 0.25) is 13.3 Å². The summed E-state index contributed by atoms with van der Waals surface area (Å²) in [5.41, 5.74) is 0.965. The van der Waals surface area contributed by atoms with E-state index < -0.39 is 37.3 Å². The van der Waals surface area contributed by atoms with Gasteiger partial charge in [-0.1, -0.05) is 43.2 Å². The maximum atomic E-state index is 13.1. The van der Waals surface area contributed by atoms with E-state index in [0.29, 0.717) is 19.4 Å². The summed E-state index contributed by atoms with van der Waals surface area (Å²) in [6, 6.07) is 8.88. The van der Waals surface area contributed by atoms with Crippen LogP contribution in [0.25, 0.3) is 0 Å². The zero-order chi connectivity index (χ0) is 22.3. The molecule has 3 rings (SSSR count). The number of rotatable bonds is 9. The molecule has 1 aromatic rings. The molecule has 170 valence electrons. The Morgan fingerprint density at radius 3 is 2.48 bits per heavy atom. The summed E-state index contributed by atoms with van der Waals surface area (Å²) in [6.07, 6.45) is 4.70. The van der Waals surface area contributed by atoms with Crippen LogP contribution in [0.5, 0.6) is 0 Å². The Morgan fingerprint density at radius 2 is 1.84 bits per heavy atom. The molecule has 1 aliphatic carbocycles. The fourth-order valence-corrected chi connectivity index (χ4v) is 5.71. The number of carbonyl (C=O) groups is 3. The molecule has 1 aliphatic heterocycles. The molecule has 1 saturated carbocycles. The van der Waals surface area contributed by atoms with Crippen LogP contribution in [0.4, 0.5) is 0 Å². The van der Waals surface area contributed by atoms with Crippen molar-refractivity contribution in [1.29, 1.82) is 0 Å². The first-order valence-electron chi connectivity index (χ1n) is 11.0. The van der Waals surface area contributed by atoms with Crippen molar-refractivity contribution < 1.29 is 28.6 Å². The summed E-state index contributed by atoms with van der Waals surface area (Å²) in [4.78, 5) is 47.6. The summed E-state index contributed by atoms with van der Waals surface area (Å²) >= 11 is 0. The molecule has 31 heavy (non-hydrogen) atoms. The van der Waals surface area contributed by atoms with Crippen LogP contribution >= 0.6 is 7.37 Å². The molecule has 9 heteroatoms. The normalized spacial score (nSPS) is 21.9. The van der Waals surface area contributed by atoms with Crippen molar-refractivity contribution in [2.75, 3.05) is 12.7 Å². The first-order valence-corrected chi connectivity index (χ1v) is 12.9.